The summed E-state index contributed by atoms with van der Waals surface area (Å²) in [6, 6.07) is 10.1. The SMILES string of the molecule is C=CCOc1cc(F)c(-c2ccc(-c3ccc4c(F)c(C=C(F)F)c(F)cc4c3)c(F)c2)c(F)c1. The molecule has 0 amide bonds. The molecule has 4 rings (SSSR count). The maximum atomic E-state index is 15.0. The maximum Gasteiger partial charge on any atom is 0.271 e. The Morgan fingerprint density at radius 2 is 1.46 bits per heavy atom. The molecule has 35 heavy (non-hydrogen) atoms. The highest BCUT2D eigenvalue weighted by Crippen LogP contribution is 2.35. The molecule has 0 aliphatic heterocycles. The van der Waals surface area contributed by atoms with Crippen molar-refractivity contribution in [3.05, 3.63) is 108 Å². The number of ether oxygens (including phenoxy) is 1. The lowest BCUT2D eigenvalue weighted by Gasteiger charge is -2.12. The van der Waals surface area contributed by atoms with Gasteiger partial charge < -0.3 is 4.74 Å². The molecule has 8 heteroatoms. The second-order valence-corrected chi connectivity index (χ2v) is 7.51. The van der Waals surface area contributed by atoms with Crippen LogP contribution in [0.25, 0.3) is 39.1 Å². The Hall–Kier alpha value is -4.07. The molecule has 0 aliphatic rings. The van der Waals surface area contributed by atoms with Crippen molar-refractivity contribution in [1.82, 2.24) is 0 Å². The van der Waals surface area contributed by atoms with Crippen molar-refractivity contribution in [1.29, 1.82) is 0 Å². The molecule has 4 aromatic rings. The normalized spacial score (nSPS) is 10.9. The van der Waals surface area contributed by atoms with E-state index in [9.17, 15) is 30.7 Å². The van der Waals surface area contributed by atoms with Gasteiger partial charge in [-0.25, -0.2) is 22.0 Å². The van der Waals surface area contributed by atoms with Crippen LogP contribution in [0.3, 0.4) is 0 Å². The molecule has 0 bridgehead atoms. The summed E-state index contributed by atoms with van der Waals surface area (Å²) in [5, 5.41) is -0.118. The fourth-order valence-corrected chi connectivity index (χ4v) is 3.72. The molecule has 178 valence electrons. The monoisotopic (exact) mass is 488 g/mol. The van der Waals surface area contributed by atoms with Gasteiger partial charge in [-0.05, 0) is 34.7 Å². The van der Waals surface area contributed by atoms with Crippen molar-refractivity contribution >= 4 is 16.8 Å². The smallest absolute Gasteiger partial charge is 0.271 e. The van der Waals surface area contributed by atoms with E-state index in [1.807, 2.05) is 0 Å². The van der Waals surface area contributed by atoms with Gasteiger partial charge in [0.25, 0.3) is 6.08 Å². The summed E-state index contributed by atoms with van der Waals surface area (Å²) in [7, 11) is 0. The average Bonchev–Trinajstić information content (AvgIpc) is 2.79. The predicted octanol–water partition coefficient (Wildman–Crippen LogP) is 8.67. The molecule has 0 saturated heterocycles. The van der Waals surface area contributed by atoms with Crippen LogP contribution in [0, 0.1) is 29.1 Å². The van der Waals surface area contributed by atoms with E-state index in [-0.39, 0.29) is 45.9 Å². The summed E-state index contributed by atoms with van der Waals surface area (Å²) < 4.78 is 103. The van der Waals surface area contributed by atoms with Crippen LogP contribution in [0.15, 0.2) is 73.3 Å². The number of hydrogen-bond donors (Lipinski definition) is 0. The molecule has 0 aromatic heterocycles. The van der Waals surface area contributed by atoms with E-state index in [2.05, 4.69) is 6.58 Å². The van der Waals surface area contributed by atoms with Gasteiger partial charge in [0.05, 0.1) is 11.1 Å². The Labute approximate surface area is 195 Å². The Morgan fingerprint density at radius 3 is 2.09 bits per heavy atom. The minimum Gasteiger partial charge on any atom is -0.489 e. The van der Waals surface area contributed by atoms with Crippen LogP contribution < -0.4 is 4.74 Å². The zero-order valence-electron chi connectivity index (χ0n) is 17.8. The summed E-state index contributed by atoms with van der Waals surface area (Å²) in [5.41, 5.74) is -1.19. The van der Waals surface area contributed by atoms with Gasteiger partial charge in [0.15, 0.2) is 0 Å². The van der Waals surface area contributed by atoms with Gasteiger partial charge in [-0.15, -0.1) is 0 Å². The highest BCUT2D eigenvalue weighted by Gasteiger charge is 2.18. The maximum absolute atomic E-state index is 15.0. The molecule has 0 spiro atoms. The van der Waals surface area contributed by atoms with Gasteiger partial charge in [0, 0.05) is 29.2 Å². The number of rotatable bonds is 6. The first kappa shape index (κ1) is 24.1. The Morgan fingerprint density at radius 1 is 0.771 bits per heavy atom. The fourth-order valence-electron chi connectivity index (χ4n) is 3.72. The van der Waals surface area contributed by atoms with Gasteiger partial charge >= 0.3 is 0 Å². The van der Waals surface area contributed by atoms with E-state index in [0.29, 0.717) is 0 Å². The Kier molecular flexibility index (Phi) is 6.64. The third-order valence-corrected chi connectivity index (χ3v) is 5.27. The molecular formula is C27H15F7O. The van der Waals surface area contributed by atoms with Crippen molar-refractivity contribution in [2.45, 2.75) is 0 Å². The van der Waals surface area contributed by atoms with Gasteiger partial charge in [0.2, 0.25) is 0 Å². The summed E-state index contributed by atoms with van der Waals surface area (Å²) in [6.45, 7) is 3.49. The molecule has 0 saturated carbocycles. The Balaban J connectivity index is 1.74. The third kappa shape index (κ3) is 4.77. The molecule has 0 heterocycles. The molecule has 0 N–H and O–H groups in total. The molecule has 0 unspecified atom stereocenters. The lowest BCUT2D eigenvalue weighted by molar-refractivity contribution is 0.358. The lowest BCUT2D eigenvalue weighted by Crippen LogP contribution is -1.98. The van der Waals surface area contributed by atoms with Crippen LogP contribution in [0.2, 0.25) is 0 Å². The minimum atomic E-state index is -2.26. The van der Waals surface area contributed by atoms with Gasteiger partial charge in [-0.1, -0.05) is 36.9 Å². The topological polar surface area (TPSA) is 9.23 Å². The van der Waals surface area contributed by atoms with E-state index < -0.39 is 46.3 Å². The first-order valence-corrected chi connectivity index (χ1v) is 10.2. The first-order chi connectivity index (χ1) is 16.7. The lowest BCUT2D eigenvalue weighted by atomic mass is 9.96. The van der Waals surface area contributed by atoms with E-state index in [1.54, 1.807) is 0 Å². The van der Waals surface area contributed by atoms with Crippen LogP contribution in [0.4, 0.5) is 30.7 Å². The highest BCUT2D eigenvalue weighted by molar-refractivity contribution is 5.90. The van der Waals surface area contributed by atoms with Crippen LogP contribution in [0.1, 0.15) is 5.56 Å². The zero-order valence-corrected chi connectivity index (χ0v) is 17.8. The predicted molar refractivity (Wildman–Crippen MR) is 120 cm³/mol. The second kappa shape index (κ2) is 9.66. The van der Waals surface area contributed by atoms with Crippen molar-refractivity contribution in [2.75, 3.05) is 6.61 Å². The molecule has 0 aliphatic carbocycles. The highest BCUT2D eigenvalue weighted by atomic mass is 19.3. The number of benzene rings is 4. The van der Waals surface area contributed by atoms with Crippen LogP contribution in [0.5, 0.6) is 5.75 Å². The summed E-state index contributed by atoms with van der Waals surface area (Å²) >= 11 is 0. The van der Waals surface area contributed by atoms with Crippen LogP contribution >= 0.6 is 0 Å². The van der Waals surface area contributed by atoms with Crippen LogP contribution in [-0.4, -0.2) is 6.61 Å². The summed E-state index contributed by atoms with van der Waals surface area (Å²) in [4.78, 5) is 0. The largest absolute Gasteiger partial charge is 0.489 e. The molecule has 0 radical (unpaired) electrons. The second-order valence-electron chi connectivity index (χ2n) is 7.51. The van der Waals surface area contributed by atoms with Gasteiger partial charge in [0.1, 0.15) is 41.4 Å². The molecule has 1 nitrogen and oxygen atoms in total. The number of fused-ring (bicyclic) bond motifs is 1. The average molecular weight is 488 g/mol. The van der Waals surface area contributed by atoms with Gasteiger partial charge in [-0.3, -0.25) is 0 Å². The summed E-state index contributed by atoms with van der Waals surface area (Å²) in [5.74, 6) is -5.19. The van der Waals surface area contributed by atoms with E-state index in [0.717, 1.165) is 24.3 Å². The number of halogens is 7. The van der Waals surface area contributed by atoms with E-state index in [1.165, 1.54) is 36.4 Å². The van der Waals surface area contributed by atoms with Crippen molar-refractivity contribution in [2.24, 2.45) is 0 Å². The molecule has 0 fully saturated rings. The number of hydrogen-bond acceptors (Lipinski definition) is 1. The molecule has 0 atom stereocenters. The molecular weight excluding hydrogens is 473 g/mol. The summed E-state index contributed by atoms with van der Waals surface area (Å²) in [6.07, 6.45) is -0.757. The third-order valence-electron chi connectivity index (χ3n) is 5.27. The van der Waals surface area contributed by atoms with Crippen molar-refractivity contribution < 1.29 is 35.5 Å². The first-order valence-electron chi connectivity index (χ1n) is 10.2. The Bertz CT molecular complexity index is 1460. The van der Waals surface area contributed by atoms with Crippen LogP contribution in [-0.2, 0) is 0 Å². The fraction of sp³-hybridized carbons (Fsp3) is 0.0370. The minimum absolute atomic E-state index is 0.00185. The molecule has 4 aromatic carbocycles. The van der Waals surface area contributed by atoms with Crippen molar-refractivity contribution in [3.63, 3.8) is 0 Å². The van der Waals surface area contributed by atoms with Gasteiger partial charge in [-0.2, -0.15) is 8.78 Å². The van der Waals surface area contributed by atoms with E-state index >= 15 is 0 Å². The zero-order chi connectivity index (χ0) is 25.3. The van der Waals surface area contributed by atoms with E-state index in [4.69, 9.17) is 4.74 Å². The quantitative estimate of drug-likeness (QED) is 0.195. The standard InChI is InChI=1S/C27H15F7O/c1-2-7-35-17-11-23(30)26(24(31)12-17)15-4-5-18(21(28)9-15)14-3-6-19-16(8-14)10-22(29)20(27(19)34)13-25(32)33/h2-6,8-13H,1,7H2. The van der Waals surface area contributed by atoms with Crippen molar-refractivity contribution in [3.8, 4) is 28.0 Å².